The van der Waals surface area contributed by atoms with Gasteiger partial charge in [0.25, 0.3) is 0 Å². The number of alkyl halides is 3. The van der Waals surface area contributed by atoms with E-state index in [9.17, 15) is 17.6 Å². The Bertz CT molecular complexity index is 722. The maximum Gasteiger partial charge on any atom is 0.416 e. The number of pyridine rings is 1. The summed E-state index contributed by atoms with van der Waals surface area (Å²) in [7, 11) is 0. The van der Waals surface area contributed by atoms with Crippen LogP contribution in [-0.2, 0) is 6.18 Å². The molecule has 0 aliphatic carbocycles. The molecule has 0 unspecified atom stereocenters. The first kappa shape index (κ1) is 14.6. The number of anilines is 1. The Morgan fingerprint density at radius 2 is 1.95 bits per heavy atom. The molecule has 0 bridgehead atoms. The molecule has 0 saturated heterocycles. The first-order valence-corrected chi connectivity index (χ1v) is 5.52. The van der Waals surface area contributed by atoms with Gasteiger partial charge in [-0.25, -0.2) is 4.39 Å². The SMILES string of the molecule is N#Cc1c(F)cccc1Oc1cc(C(F)(F)F)cc(N)n1. The monoisotopic (exact) mass is 297 g/mol. The van der Waals surface area contributed by atoms with E-state index >= 15 is 0 Å². The van der Waals surface area contributed by atoms with Crippen molar-refractivity contribution in [3.8, 4) is 17.7 Å². The fourth-order valence-electron chi connectivity index (χ4n) is 1.55. The number of benzene rings is 1. The molecule has 1 heterocycles. The summed E-state index contributed by atoms with van der Waals surface area (Å²) in [6.07, 6.45) is -4.63. The number of aromatic nitrogens is 1. The van der Waals surface area contributed by atoms with Crippen molar-refractivity contribution in [1.29, 1.82) is 5.26 Å². The summed E-state index contributed by atoms with van der Waals surface area (Å²) in [5, 5.41) is 8.82. The van der Waals surface area contributed by atoms with E-state index in [2.05, 4.69) is 4.98 Å². The summed E-state index contributed by atoms with van der Waals surface area (Å²) in [6, 6.07) is 6.33. The Balaban J connectivity index is 2.44. The van der Waals surface area contributed by atoms with Gasteiger partial charge in [0, 0.05) is 6.07 Å². The second kappa shape index (κ2) is 5.28. The van der Waals surface area contributed by atoms with Gasteiger partial charge in [0.2, 0.25) is 5.88 Å². The summed E-state index contributed by atoms with van der Waals surface area (Å²) < 4.78 is 56.4. The molecule has 2 aromatic rings. The van der Waals surface area contributed by atoms with Gasteiger partial charge in [-0.1, -0.05) is 6.07 Å². The normalized spacial score (nSPS) is 11.0. The minimum absolute atomic E-state index is 0.247. The molecule has 108 valence electrons. The van der Waals surface area contributed by atoms with Crippen molar-refractivity contribution in [1.82, 2.24) is 4.98 Å². The molecule has 4 nitrogen and oxygen atoms in total. The van der Waals surface area contributed by atoms with Crippen LogP contribution in [0.4, 0.5) is 23.4 Å². The van der Waals surface area contributed by atoms with E-state index in [0.717, 1.165) is 6.07 Å². The third-order valence-electron chi connectivity index (χ3n) is 2.45. The first-order valence-electron chi connectivity index (χ1n) is 5.52. The molecule has 2 rings (SSSR count). The van der Waals surface area contributed by atoms with Crippen LogP contribution in [0.5, 0.6) is 11.6 Å². The van der Waals surface area contributed by atoms with Gasteiger partial charge in [0.1, 0.15) is 29.0 Å². The highest BCUT2D eigenvalue weighted by Crippen LogP contribution is 2.34. The predicted octanol–water partition coefficient (Wildman–Crippen LogP) is 3.49. The van der Waals surface area contributed by atoms with Gasteiger partial charge >= 0.3 is 6.18 Å². The van der Waals surface area contributed by atoms with E-state index in [1.165, 1.54) is 12.1 Å². The molecule has 0 spiro atoms. The van der Waals surface area contributed by atoms with Gasteiger partial charge < -0.3 is 10.5 Å². The fourth-order valence-corrected chi connectivity index (χ4v) is 1.55. The van der Waals surface area contributed by atoms with Gasteiger partial charge in [-0.05, 0) is 18.2 Å². The zero-order valence-corrected chi connectivity index (χ0v) is 10.3. The van der Waals surface area contributed by atoms with Crippen LogP contribution in [0, 0.1) is 17.1 Å². The van der Waals surface area contributed by atoms with Gasteiger partial charge in [-0.2, -0.15) is 23.4 Å². The standard InChI is InChI=1S/C13H7F4N3O/c14-9-2-1-3-10(8(9)6-18)21-12-5-7(13(15,16)17)4-11(19)20-12/h1-5H,(H2,19,20). The van der Waals surface area contributed by atoms with Crippen molar-refractivity contribution < 1.29 is 22.3 Å². The molecule has 21 heavy (non-hydrogen) atoms. The topological polar surface area (TPSA) is 71.9 Å². The van der Waals surface area contributed by atoms with Crippen LogP contribution in [0.25, 0.3) is 0 Å². The predicted molar refractivity (Wildman–Crippen MR) is 64.8 cm³/mol. The van der Waals surface area contributed by atoms with Crippen molar-refractivity contribution in [2.45, 2.75) is 6.18 Å². The number of halogens is 4. The van der Waals surface area contributed by atoms with Crippen LogP contribution < -0.4 is 10.5 Å². The van der Waals surface area contributed by atoms with Gasteiger partial charge in [0.15, 0.2) is 0 Å². The molecular formula is C13H7F4N3O. The molecule has 0 radical (unpaired) electrons. The highest BCUT2D eigenvalue weighted by Gasteiger charge is 2.32. The number of hydrogen-bond donors (Lipinski definition) is 1. The van der Waals surface area contributed by atoms with Gasteiger partial charge in [0.05, 0.1) is 5.56 Å². The zero-order valence-electron chi connectivity index (χ0n) is 10.3. The first-order chi connectivity index (χ1) is 9.81. The number of nitrogens with zero attached hydrogens (tertiary/aromatic N) is 2. The van der Waals surface area contributed by atoms with E-state index in [-0.39, 0.29) is 5.75 Å². The maximum absolute atomic E-state index is 13.4. The number of ether oxygens (including phenoxy) is 1. The lowest BCUT2D eigenvalue weighted by Gasteiger charge is -2.11. The van der Waals surface area contributed by atoms with Crippen molar-refractivity contribution in [2.75, 3.05) is 5.73 Å². The number of hydrogen-bond acceptors (Lipinski definition) is 4. The molecule has 0 saturated carbocycles. The molecule has 1 aromatic heterocycles. The van der Waals surface area contributed by atoms with E-state index in [1.54, 1.807) is 6.07 Å². The van der Waals surface area contributed by atoms with Crippen LogP contribution in [0.1, 0.15) is 11.1 Å². The summed E-state index contributed by atoms with van der Waals surface area (Å²) in [5.74, 6) is -1.99. The second-order valence-corrected chi connectivity index (χ2v) is 3.94. The third-order valence-corrected chi connectivity index (χ3v) is 2.45. The van der Waals surface area contributed by atoms with Crippen LogP contribution in [0.15, 0.2) is 30.3 Å². The number of nitriles is 1. The van der Waals surface area contributed by atoms with Crippen LogP contribution >= 0.6 is 0 Å². The fraction of sp³-hybridized carbons (Fsp3) is 0.0769. The molecule has 0 aliphatic rings. The Hall–Kier alpha value is -2.82. The minimum Gasteiger partial charge on any atom is -0.437 e. The van der Waals surface area contributed by atoms with Crippen molar-refractivity contribution in [3.05, 3.63) is 47.3 Å². The summed E-state index contributed by atoms with van der Waals surface area (Å²) in [4.78, 5) is 3.57. The lowest BCUT2D eigenvalue weighted by Crippen LogP contribution is -2.07. The number of nitrogen functional groups attached to an aromatic ring is 1. The van der Waals surface area contributed by atoms with Crippen LogP contribution in [0.3, 0.4) is 0 Å². The van der Waals surface area contributed by atoms with E-state index in [4.69, 9.17) is 15.7 Å². The van der Waals surface area contributed by atoms with E-state index < -0.39 is 34.8 Å². The van der Waals surface area contributed by atoms with Gasteiger partial charge in [-0.3, -0.25) is 0 Å². The maximum atomic E-state index is 13.4. The molecule has 0 aliphatic heterocycles. The molecule has 0 amide bonds. The van der Waals surface area contributed by atoms with E-state index in [0.29, 0.717) is 12.1 Å². The quantitative estimate of drug-likeness (QED) is 0.861. The van der Waals surface area contributed by atoms with Crippen molar-refractivity contribution >= 4 is 5.82 Å². The molecule has 0 atom stereocenters. The van der Waals surface area contributed by atoms with Crippen LogP contribution in [0.2, 0.25) is 0 Å². The number of rotatable bonds is 2. The lowest BCUT2D eigenvalue weighted by molar-refractivity contribution is -0.137. The average Bonchev–Trinajstić information content (AvgIpc) is 2.37. The van der Waals surface area contributed by atoms with Crippen LogP contribution in [-0.4, -0.2) is 4.98 Å². The average molecular weight is 297 g/mol. The number of nitrogens with two attached hydrogens (primary N) is 1. The third kappa shape index (κ3) is 3.20. The highest BCUT2D eigenvalue weighted by atomic mass is 19.4. The largest absolute Gasteiger partial charge is 0.437 e. The molecule has 8 heteroatoms. The van der Waals surface area contributed by atoms with Gasteiger partial charge in [-0.15, -0.1) is 0 Å². The summed E-state index contributed by atoms with van der Waals surface area (Å²) in [6.45, 7) is 0. The Morgan fingerprint density at radius 3 is 2.57 bits per heavy atom. The summed E-state index contributed by atoms with van der Waals surface area (Å²) in [5.41, 5.74) is 3.79. The second-order valence-electron chi connectivity index (χ2n) is 3.94. The molecular weight excluding hydrogens is 290 g/mol. The Kier molecular flexibility index (Phi) is 3.67. The smallest absolute Gasteiger partial charge is 0.416 e. The Morgan fingerprint density at radius 1 is 1.24 bits per heavy atom. The summed E-state index contributed by atoms with van der Waals surface area (Å²) >= 11 is 0. The molecule has 2 N–H and O–H groups in total. The molecule has 0 fully saturated rings. The van der Waals surface area contributed by atoms with Crippen molar-refractivity contribution in [3.63, 3.8) is 0 Å². The Labute approximate surface area is 116 Å². The van der Waals surface area contributed by atoms with E-state index in [1.807, 2.05) is 0 Å². The van der Waals surface area contributed by atoms with Crippen molar-refractivity contribution in [2.24, 2.45) is 0 Å². The lowest BCUT2D eigenvalue weighted by atomic mass is 10.2. The zero-order chi connectivity index (χ0) is 15.6. The molecule has 1 aromatic carbocycles. The minimum atomic E-state index is -4.63. The highest BCUT2D eigenvalue weighted by molar-refractivity contribution is 5.47.